The molecule has 2 rings (SSSR count). The van der Waals surface area contributed by atoms with Crippen molar-refractivity contribution in [3.8, 4) is 5.75 Å². The topological polar surface area (TPSA) is 55.4 Å². The fraction of sp³-hybridized carbons (Fsp3) is 0.250. The van der Waals surface area contributed by atoms with Crippen LogP contribution < -0.4 is 9.46 Å². The number of hydrogen-bond acceptors (Lipinski definition) is 3. The molecule has 0 saturated carbocycles. The summed E-state index contributed by atoms with van der Waals surface area (Å²) >= 11 is 0. The molecule has 0 aliphatic carbocycles. The minimum Gasteiger partial charge on any atom is -0.497 e. The fourth-order valence-electron chi connectivity index (χ4n) is 2.37. The van der Waals surface area contributed by atoms with Gasteiger partial charge in [-0.05, 0) is 61.7 Å². The molecule has 0 saturated heterocycles. The van der Waals surface area contributed by atoms with Crippen molar-refractivity contribution in [2.75, 3.05) is 11.8 Å². The van der Waals surface area contributed by atoms with Gasteiger partial charge in [-0.2, -0.15) is 0 Å². The van der Waals surface area contributed by atoms with Crippen LogP contribution in [0.25, 0.3) is 0 Å². The first kappa shape index (κ1) is 15.4. The average Bonchev–Trinajstić information content (AvgIpc) is 2.36. The summed E-state index contributed by atoms with van der Waals surface area (Å²) in [6, 6.07) is 10.7. The molecule has 0 unspecified atom stereocenters. The molecule has 0 radical (unpaired) electrons. The number of methoxy groups -OCH3 is 1. The lowest BCUT2D eigenvalue weighted by molar-refractivity contribution is 0.413. The van der Waals surface area contributed by atoms with Gasteiger partial charge in [0.15, 0.2) is 0 Å². The van der Waals surface area contributed by atoms with E-state index < -0.39 is 10.0 Å². The van der Waals surface area contributed by atoms with Crippen LogP contribution in [0.1, 0.15) is 16.7 Å². The van der Waals surface area contributed by atoms with E-state index in [1.54, 1.807) is 45.2 Å². The lowest BCUT2D eigenvalue weighted by Gasteiger charge is -2.14. The summed E-state index contributed by atoms with van der Waals surface area (Å²) in [6.07, 6.45) is 0. The van der Waals surface area contributed by atoms with Gasteiger partial charge >= 0.3 is 0 Å². The fourth-order valence-corrected chi connectivity index (χ4v) is 3.87. The maximum atomic E-state index is 12.6. The summed E-state index contributed by atoms with van der Waals surface area (Å²) in [6.45, 7) is 5.45. The highest BCUT2D eigenvalue weighted by Gasteiger charge is 2.20. The molecule has 0 aliphatic rings. The zero-order valence-corrected chi connectivity index (χ0v) is 13.4. The molecular weight excluding hydrogens is 286 g/mol. The number of rotatable bonds is 4. The quantitative estimate of drug-likeness (QED) is 0.941. The largest absolute Gasteiger partial charge is 0.497 e. The molecule has 1 N–H and O–H groups in total. The summed E-state index contributed by atoms with van der Waals surface area (Å²) in [5.74, 6) is 0.652. The van der Waals surface area contributed by atoms with Gasteiger partial charge in [-0.15, -0.1) is 0 Å². The van der Waals surface area contributed by atoms with E-state index in [1.165, 1.54) is 0 Å². The van der Waals surface area contributed by atoms with Gasteiger partial charge in [-0.3, -0.25) is 4.72 Å². The second kappa shape index (κ2) is 5.77. The van der Waals surface area contributed by atoms with E-state index in [2.05, 4.69) is 4.72 Å². The van der Waals surface area contributed by atoms with Crippen molar-refractivity contribution in [2.45, 2.75) is 25.7 Å². The Morgan fingerprint density at radius 2 is 1.62 bits per heavy atom. The zero-order valence-electron chi connectivity index (χ0n) is 12.6. The highest BCUT2D eigenvalue weighted by atomic mass is 32.2. The Labute approximate surface area is 125 Å². The van der Waals surface area contributed by atoms with Crippen molar-refractivity contribution in [1.82, 2.24) is 0 Å². The molecule has 5 heteroatoms. The number of nitrogens with one attached hydrogen (secondary N) is 1. The Bertz CT molecular complexity index is 744. The van der Waals surface area contributed by atoms with E-state index in [1.807, 2.05) is 19.1 Å². The number of hydrogen-bond donors (Lipinski definition) is 1. The normalized spacial score (nSPS) is 11.2. The van der Waals surface area contributed by atoms with Gasteiger partial charge < -0.3 is 4.74 Å². The molecule has 2 aromatic carbocycles. The second-order valence-electron chi connectivity index (χ2n) is 5.07. The van der Waals surface area contributed by atoms with Crippen LogP contribution >= 0.6 is 0 Å². The lowest BCUT2D eigenvalue weighted by atomic mass is 10.1. The molecule has 112 valence electrons. The predicted octanol–water partition coefficient (Wildman–Crippen LogP) is 3.42. The van der Waals surface area contributed by atoms with E-state index in [4.69, 9.17) is 4.74 Å². The molecule has 21 heavy (non-hydrogen) atoms. The van der Waals surface area contributed by atoms with Crippen LogP contribution in [0, 0.1) is 20.8 Å². The zero-order chi connectivity index (χ0) is 15.6. The van der Waals surface area contributed by atoms with Crippen LogP contribution in [-0.4, -0.2) is 15.5 Å². The molecule has 2 aromatic rings. The number of sulfonamides is 1. The van der Waals surface area contributed by atoms with Crippen LogP contribution in [0.2, 0.25) is 0 Å². The van der Waals surface area contributed by atoms with Crippen molar-refractivity contribution < 1.29 is 13.2 Å². The van der Waals surface area contributed by atoms with Crippen LogP contribution in [0.5, 0.6) is 5.75 Å². The first-order chi connectivity index (χ1) is 9.83. The molecule has 0 aliphatic heterocycles. The first-order valence-corrected chi connectivity index (χ1v) is 8.06. The van der Waals surface area contributed by atoms with Crippen LogP contribution in [-0.2, 0) is 10.0 Å². The molecule has 0 amide bonds. The van der Waals surface area contributed by atoms with Gasteiger partial charge in [0, 0.05) is 5.69 Å². The minimum atomic E-state index is -3.62. The predicted molar refractivity (Wildman–Crippen MR) is 84.5 cm³/mol. The van der Waals surface area contributed by atoms with Gasteiger partial charge in [0.25, 0.3) is 10.0 Å². The summed E-state index contributed by atoms with van der Waals surface area (Å²) < 4.78 is 33.0. The van der Waals surface area contributed by atoms with Crippen LogP contribution in [0.15, 0.2) is 41.3 Å². The Kier molecular flexibility index (Phi) is 4.23. The van der Waals surface area contributed by atoms with Gasteiger partial charge in [0.05, 0.1) is 12.0 Å². The Morgan fingerprint density at radius 3 is 2.14 bits per heavy atom. The van der Waals surface area contributed by atoms with Gasteiger partial charge in [-0.25, -0.2) is 8.42 Å². The molecule has 0 aromatic heterocycles. The van der Waals surface area contributed by atoms with E-state index in [-0.39, 0.29) is 0 Å². The first-order valence-electron chi connectivity index (χ1n) is 6.58. The van der Waals surface area contributed by atoms with Crippen molar-refractivity contribution in [1.29, 1.82) is 0 Å². The van der Waals surface area contributed by atoms with E-state index >= 15 is 0 Å². The third-order valence-electron chi connectivity index (χ3n) is 3.21. The molecule has 0 bridgehead atoms. The van der Waals surface area contributed by atoms with Crippen molar-refractivity contribution in [3.63, 3.8) is 0 Å². The van der Waals surface area contributed by atoms with Gasteiger partial charge in [0.2, 0.25) is 0 Å². The highest BCUT2D eigenvalue weighted by molar-refractivity contribution is 7.92. The number of aryl methyl sites for hydroxylation is 3. The van der Waals surface area contributed by atoms with E-state index in [9.17, 15) is 8.42 Å². The molecule has 0 atom stereocenters. The summed E-state index contributed by atoms with van der Waals surface area (Å²) in [5.41, 5.74) is 2.88. The highest BCUT2D eigenvalue weighted by Crippen LogP contribution is 2.27. The Balaban J connectivity index is 2.45. The molecule has 0 spiro atoms. The molecular formula is C16H19NO3S. The Morgan fingerprint density at radius 1 is 1.00 bits per heavy atom. The molecule has 0 fully saturated rings. The third kappa shape index (κ3) is 3.36. The monoisotopic (exact) mass is 305 g/mol. The lowest BCUT2D eigenvalue weighted by Crippen LogP contribution is -2.16. The van der Waals surface area contributed by atoms with Crippen LogP contribution in [0.4, 0.5) is 5.69 Å². The van der Waals surface area contributed by atoms with Crippen LogP contribution in [0.3, 0.4) is 0 Å². The maximum Gasteiger partial charge on any atom is 0.262 e. The van der Waals surface area contributed by atoms with Gasteiger partial charge in [-0.1, -0.05) is 12.1 Å². The molecule has 0 heterocycles. The third-order valence-corrected chi connectivity index (χ3v) is 4.89. The second-order valence-corrected chi connectivity index (χ2v) is 6.68. The summed E-state index contributed by atoms with van der Waals surface area (Å²) in [7, 11) is -2.06. The van der Waals surface area contributed by atoms with E-state index in [0.29, 0.717) is 27.5 Å². The van der Waals surface area contributed by atoms with Crippen molar-refractivity contribution in [2.24, 2.45) is 0 Å². The van der Waals surface area contributed by atoms with E-state index in [0.717, 1.165) is 5.56 Å². The van der Waals surface area contributed by atoms with Crippen molar-refractivity contribution >= 4 is 15.7 Å². The standard InChI is InChI=1S/C16H19NO3S/c1-11-6-5-7-14(8-11)17-21(18,19)16-12(2)9-15(20-4)10-13(16)3/h5-10,17H,1-4H3. The average molecular weight is 305 g/mol. The summed E-state index contributed by atoms with van der Waals surface area (Å²) in [5, 5.41) is 0. The molecule has 4 nitrogen and oxygen atoms in total. The smallest absolute Gasteiger partial charge is 0.262 e. The number of anilines is 1. The number of benzene rings is 2. The minimum absolute atomic E-state index is 0.296. The summed E-state index contributed by atoms with van der Waals surface area (Å²) in [4.78, 5) is 0.296. The van der Waals surface area contributed by atoms with Gasteiger partial charge in [0.1, 0.15) is 5.75 Å². The maximum absolute atomic E-state index is 12.6. The number of ether oxygens (including phenoxy) is 1. The van der Waals surface area contributed by atoms with Crippen molar-refractivity contribution in [3.05, 3.63) is 53.1 Å². The Hall–Kier alpha value is -2.01. The SMILES string of the molecule is COc1cc(C)c(S(=O)(=O)Nc2cccc(C)c2)c(C)c1.